The van der Waals surface area contributed by atoms with E-state index in [1.807, 2.05) is 48.1 Å². The van der Waals surface area contributed by atoms with E-state index in [9.17, 15) is 0 Å². The maximum atomic E-state index is 7.32. The molecule has 0 aliphatic carbocycles. The van der Waals surface area contributed by atoms with Crippen LogP contribution in [0, 0.1) is 0 Å². The smallest absolute Gasteiger partial charge is 0.159 e. The van der Waals surface area contributed by atoms with Gasteiger partial charge in [-0.3, -0.25) is 19.9 Å². The Morgan fingerprint density at radius 2 is 0.690 bits per heavy atom. The van der Waals surface area contributed by atoms with Gasteiger partial charge in [-0.25, -0.2) is 9.97 Å². The molecule has 10 aromatic carbocycles. The first-order chi connectivity index (χ1) is 48.8. The molecule has 10 heteroatoms. The molecule has 0 saturated carbocycles. The Labute approximate surface area is 583 Å². The number of hydrogen-bond acceptors (Lipinski definition) is 8. The highest BCUT2D eigenvalue weighted by Gasteiger charge is 2.26. The molecular formula is C90H70N8OS. The van der Waals surface area contributed by atoms with Crippen molar-refractivity contribution in [3.05, 3.63) is 278 Å². The van der Waals surface area contributed by atoms with Gasteiger partial charge in [0.2, 0.25) is 0 Å². The van der Waals surface area contributed by atoms with Gasteiger partial charge < -0.3 is 13.6 Å². The van der Waals surface area contributed by atoms with Crippen molar-refractivity contribution >= 4 is 97.1 Å². The zero-order valence-corrected chi connectivity index (χ0v) is 57.8. The molecule has 18 aromatic rings. The Morgan fingerprint density at radius 3 is 1.22 bits per heavy atom. The van der Waals surface area contributed by atoms with Gasteiger partial charge in [0.15, 0.2) is 5.82 Å². The van der Waals surface area contributed by atoms with Crippen molar-refractivity contribution < 1.29 is 4.42 Å². The number of furan rings is 1. The fourth-order valence-corrected chi connectivity index (χ4v) is 16.9. The van der Waals surface area contributed by atoms with Gasteiger partial charge in [-0.2, -0.15) is 0 Å². The second-order valence-corrected chi connectivity index (χ2v) is 28.9. The molecule has 0 bridgehead atoms. The average Bonchev–Trinajstić information content (AvgIpc) is 1.58. The first-order valence-corrected chi connectivity index (χ1v) is 35.5. The fraction of sp³-hybridized carbons (Fsp3) is 0.133. The van der Waals surface area contributed by atoms with Gasteiger partial charge in [0.05, 0.1) is 45.3 Å². The van der Waals surface area contributed by atoms with Gasteiger partial charge in [0.1, 0.15) is 11.2 Å². The Bertz CT molecular complexity index is 5900. The summed E-state index contributed by atoms with van der Waals surface area (Å²) in [6.07, 6.45) is 12.6. The summed E-state index contributed by atoms with van der Waals surface area (Å²) < 4.78 is 15.0. The molecule has 8 heterocycles. The van der Waals surface area contributed by atoms with E-state index in [2.05, 4.69) is 279 Å². The molecule has 9 nitrogen and oxygen atoms in total. The van der Waals surface area contributed by atoms with E-state index >= 15 is 0 Å². The van der Waals surface area contributed by atoms with Gasteiger partial charge in [-0.1, -0.05) is 128 Å². The van der Waals surface area contributed by atoms with Crippen molar-refractivity contribution in [1.29, 1.82) is 0 Å². The zero-order valence-electron chi connectivity index (χ0n) is 57.0. The highest BCUT2D eigenvalue weighted by Crippen LogP contribution is 2.49. The Hall–Kier alpha value is -11.7. The van der Waals surface area contributed by atoms with Crippen LogP contribution in [0.25, 0.3) is 176 Å². The lowest BCUT2D eigenvalue weighted by Crippen LogP contribution is -1.97. The summed E-state index contributed by atoms with van der Waals surface area (Å²) >= 11 is 1.96. The lowest BCUT2D eigenvalue weighted by atomic mass is 9.90. The second-order valence-electron chi connectivity index (χ2n) is 27.9. The number of rotatable bonds is 13. The number of fused-ring (bicyclic) bond motifs is 12. The molecule has 0 aliphatic rings. The minimum absolute atomic E-state index is 0.160. The molecule has 0 spiro atoms. The van der Waals surface area contributed by atoms with E-state index in [0.717, 1.165) is 128 Å². The van der Waals surface area contributed by atoms with Crippen molar-refractivity contribution in [2.45, 2.75) is 79.1 Å². The van der Waals surface area contributed by atoms with Crippen LogP contribution >= 0.6 is 11.3 Å². The molecule has 0 N–H and O–H groups in total. The quantitative estimate of drug-likeness (QED) is 0.113. The molecule has 0 radical (unpaired) electrons. The third-order valence-electron chi connectivity index (χ3n) is 20.3. The summed E-state index contributed by atoms with van der Waals surface area (Å²) in [6.45, 7) is 18.6. The molecule has 0 aliphatic heterocycles. The minimum Gasteiger partial charge on any atom is -0.455 e. The summed E-state index contributed by atoms with van der Waals surface area (Å²) in [4.78, 5) is 27.8. The monoisotopic (exact) mass is 1310 g/mol. The summed E-state index contributed by atoms with van der Waals surface area (Å²) in [5.41, 5.74) is 27.4. The largest absolute Gasteiger partial charge is 0.455 e. The van der Waals surface area contributed by atoms with Crippen LogP contribution < -0.4 is 0 Å². The van der Waals surface area contributed by atoms with Crippen molar-refractivity contribution in [2.75, 3.05) is 0 Å². The van der Waals surface area contributed by atoms with Gasteiger partial charge in [-0.05, 0) is 213 Å². The van der Waals surface area contributed by atoms with E-state index < -0.39 is 0 Å². The minimum atomic E-state index is 0.160. The standard InChI is InChI=1S/C90H70N8OS/c1-51(2)67-42-63(44-75-76-48-65(46-68(52(3)4)87(76)99-86(67)75)97-82-27-23-58(56-17-14-19-62(37-56)90-95-32-15-33-96-90)39-72(82)73-40-60(24-28-84(73)97)79-20-9-11-30-92-79)64-43-69(53(5)6)88-77(45-64)78-49-66(47-70(54(7)8)89(78)100-88)98-83-26-22-57(55-16-13-18-59(36-55)81-50-91-34-35-94-81)38-71(83)74-41-61(25-29-85(74)98)80-21-10-12-31-93-80/h9-54H,1-8H3. The summed E-state index contributed by atoms with van der Waals surface area (Å²) in [5, 5.41) is 9.42. The number of benzene rings is 10. The van der Waals surface area contributed by atoms with Gasteiger partial charge in [-0.15, -0.1) is 11.3 Å². The van der Waals surface area contributed by atoms with Gasteiger partial charge in [0.25, 0.3) is 0 Å². The van der Waals surface area contributed by atoms with Crippen molar-refractivity contribution in [3.8, 4) is 89.9 Å². The van der Waals surface area contributed by atoms with Crippen molar-refractivity contribution in [2.24, 2.45) is 0 Å². The van der Waals surface area contributed by atoms with Crippen LogP contribution in [0.2, 0.25) is 0 Å². The zero-order chi connectivity index (χ0) is 67.6. The third kappa shape index (κ3) is 10.2. The number of nitrogens with zero attached hydrogens (tertiary/aromatic N) is 8. The molecule has 0 saturated heterocycles. The predicted octanol–water partition coefficient (Wildman–Crippen LogP) is 24.7. The SMILES string of the molecule is CC(C)c1cc(-c2cc(C(C)C)c3sc4c(C(C)C)cc(-n5c6ccc(-c7cccc(-c8cnccn8)c7)cc6c6cc(-c7ccccn7)ccc65)cc4c3c2)cc2c1oc1c(C(C)C)cc(-n3c4ccc(-c5cccc(-c6ncccn6)c5)cc4c4cc(-c5ccccn5)ccc43)cc12. The summed E-state index contributed by atoms with van der Waals surface area (Å²) in [7, 11) is 0. The second kappa shape index (κ2) is 24.1. The highest BCUT2D eigenvalue weighted by atomic mass is 32.1. The molecule has 0 amide bonds. The van der Waals surface area contributed by atoms with Gasteiger partial charge in [0, 0.05) is 129 Å². The van der Waals surface area contributed by atoms with E-state index in [1.54, 1.807) is 24.8 Å². The van der Waals surface area contributed by atoms with E-state index in [0.29, 0.717) is 5.82 Å². The topological polar surface area (TPSA) is 100 Å². The van der Waals surface area contributed by atoms with Crippen LogP contribution in [0.15, 0.2) is 260 Å². The first kappa shape index (κ1) is 60.7. The molecule has 482 valence electrons. The van der Waals surface area contributed by atoms with Gasteiger partial charge >= 0.3 is 0 Å². The van der Waals surface area contributed by atoms with E-state index in [-0.39, 0.29) is 23.7 Å². The lowest BCUT2D eigenvalue weighted by Gasteiger charge is -2.15. The molecule has 0 unspecified atom stereocenters. The van der Waals surface area contributed by atoms with Crippen LogP contribution in [-0.4, -0.2) is 39.0 Å². The number of hydrogen-bond donors (Lipinski definition) is 0. The van der Waals surface area contributed by atoms with Crippen LogP contribution in [0.3, 0.4) is 0 Å². The van der Waals surface area contributed by atoms with Crippen LogP contribution in [0.5, 0.6) is 0 Å². The fourth-order valence-electron chi connectivity index (χ4n) is 15.3. The number of pyridine rings is 2. The Balaban J connectivity index is 0.821. The van der Waals surface area contributed by atoms with Crippen LogP contribution in [0.1, 0.15) is 101 Å². The molecule has 18 rings (SSSR count). The lowest BCUT2D eigenvalue weighted by molar-refractivity contribution is 0.646. The maximum Gasteiger partial charge on any atom is 0.159 e. The maximum absolute atomic E-state index is 7.32. The average molecular weight is 1310 g/mol. The van der Waals surface area contributed by atoms with E-state index in [1.165, 1.54) is 64.3 Å². The van der Waals surface area contributed by atoms with Crippen LogP contribution in [-0.2, 0) is 0 Å². The van der Waals surface area contributed by atoms with Crippen molar-refractivity contribution in [1.82, 2.24) is 39.0 Å². The third-order valence-corrected chi connectivity index (χ3v) is 21.6. The molecule has 0 fully saturated rings. The van der Waals surface area contributed by atoms with Crippen LogP contribution in [0.4, 0.5) is 0 Å². The first-order valence-electron chi connectivity index (χ1n) is 34.7. The number of thiophene rings is 1. The summed E-state index contributed by atoms with van der Waals surface area (Å²) in [6, 6.07) is 78.3. The molecular weight excluding hydrogens is 1240 g/mol. The highest BCUT2D eigenvalue weighted by molar-refractivity contribution is 7.26. The molecule has 0 atom stereocenters. The predicted molar refractivity (Wildman–Crippen MR) is 416 cm³/mol. The number of aromatic nitrogens is 8. The Kier molecular flexibility index (Phi) is 14.6. The normalized spacial score (nSPS) is 12.2. The summed E-state index contributed by atoms with van der Waals surface area (Å²) in [5.74, 6) is 1.55. The Morgan fingerprint density at radius 1 is 0.290 bits per heavy atom. The van der Waals surface area contributed by atoms with Crippen molar-refractivity contribution in [3.63, 3.8) is 0 Å². The molecule has 8 aromatic heterocycles. The van der Waals surface area contributed by atoms with E-state index in [4.69, 9.17) is 14.4 Å². The molecule has 100 heavy (non-hydrogen) atoms.